The molecular weight excluding hydrogens is 355 g/mol. The molecule has 2 N–H and O–H groups in total. The van der Waals surface area contributed by atoms with E-state index in [2.05, 4.69) is 15.9 Å². The largest absolute Gasteiger partial charge is 0.481 e. The number of aliphatic carboxylic acids is 2. The Labute approximate surface area is 135 Å². The van der Waals surface area contributed by atoms with Crippen LogP contribution in [0.3, 0.4) is 0 Å². The highest BCUT2D eigenvalue weighted by atomic mass is 79.9. The third-order valence-electron chi connectivity index (χ3n) is 2.54. The number of carboxylic acid groups (broad SMARTS) is 2. The second-order valence-electron chi connectivity index (χ2n) is 4.39. The minimum Gasteiger partial charge on any atom is -0.481 e. The van der Waals surface area contributed by atoms with Crippen LogP contribution < -0.4 is 0 Å². The molecule has 0 atom stereocenters. The van der Waals surface area contributed by atoms with E-state index in [9.17, 15) is 14.0 Å². The first-order chi connectivity index (χ1) is 10.4. The molecule has 0 saturated carbocycles. The lowest BCUT2D eigenvalue weighted by atomic mass is 10.1. The van der Waals surface area contributed by atoms with Crippen molar-refractivity contribution < 1.29 is 24.2 Å². The summed E-state index contributed by atoms with van der Waals surface area (Å²) in [6, 6.07) is 12.7. The average Bonchev–Trinajstić information content (AvgIpc) is 2.44. The molecule has 116 valence electrons. The molecule has 6 heteroatoms. The second kappa shape index (κ2) is 8.94. The minimum absolute atomic E-state index is 0.0553. The van der Waals surface area contributed by atoms with Gasteiger partial charge in [0.15, 0.2) is 0 Å². The number of carboxylic acids is 2. The van der Waals surface area contributed by atoms with Crippen LogP contribution in [0.4, 0.5) is 4.39 Å². The van der Waals surface area contributed by atoms with Gasteiger partial charge in [0, 0.05) is 4.47 Å². The van der Waals surface area contributed by atoms with Crippen LogP contribution in [-0.4, -0.2) is 22.2 Å². The highest BCUT2D eigenvalue weighted by Crippen LogP contribution is 2.10. The SMILES string of the molecule is O=C(O)Cc1ccc(Br)cc1.O=C(O)Cc1ccc(F)cc1. The molecule has 0 amide bonds. The van der Waals surface area contributed by atoms with Gasteiger partial charge in [-0.25, -0.2) is 4.39 Å². The van der Waals surface area contributed by atoms with Gasteiger partial charge in [-0.2, -0.15) is 0 Å². The summed E-state index contributed by atoms with van der Waals surface area (Å²) >= 11 is 3.26. The van der Waals surface area contributed by atoms with Crippen LogP contribution in [0.5, 0.6) is 0 Å². The summed E-state index contributed by atoms with van der Waals surface area (Å²) in [6.45, 7) is 0. The van der Waals surface area contributed by atoms with Gasteiger partial charge in [-0.05, 0) is 35.4 Å². The Bertz CT molecular complexity index is 566. The Balaban J connectivity index is 0.000000220. The van der Waals surface area contributed by atoms with Crippen molar-refractivity contribution in [3.8, 4) is 0 Å². The summed E-state index contributed by atoms with van der Waals surface area (Å²) in [5.41, 5.74) is 1.43. The topological polar surface area (TPSA) is 74.6 Å². The highest BCUT2D eigenvalue weighted by molar-refractivity contribution is 9.10. The van der Waals surface area contributed by atoms with E-state index in [1.165, 1.54) is 24.3 Å². The molecule has 0 aromatic heterocycles. The zero-order valence-electron chi connectivity index (χ0n) is 11.5. The van der Waals surface area contributed by atoms with E-state index in [1.54, 1.807) is 12.1 Å². The molecule has 0 aliphatic rings. The van der Waals surface area contributed by atoms with Crippen molar-refractivity contribution >= 4 is 27.9 Å². The number of hydrogen-bond donors (Lipinski definition) is 2. The molecule has 0 fully saturated rings. The molecule has 2 rings (SSSR count). The highest BCUT2D eigenvalue weighted by Gasteiger charge is 1.99. The number of hydrogen-bond acceptors (Lipinski definition) is 2. The van der Waals surface area contributed by atoms with E-state index in [-0.39, 0.29) is 18.7 Å². The van der Waals surface area contributed by atoms with Gasteiger partial charge in [0.25, 0.3) is 0 Å². The molecule has 0 unspecified atom stereocenters. The Morgan fingerprint density at radius 2 is 1.18 bits per heavy atom. The molecule has 0 aliphatic heterocycles. The maximum atomic E-state index is 12.3. The van der Waals surface area contributed by atoms with Gasteiger partial charge < -0.3 is 10.2 Å². The monoisotopic (exact) mass is 368 g/mol. The van der Waals surface area contributed by atoms with Gasteiger partial charge in [-0.15, -0.1) is 0 Å². The molecular formula is C16H14BrFO4. The quantitative estimate of drug-likeness (QED) is 0.865. The van der Waals surface area contributed by atoms with Crippen LogP contribution in [0.15, 0.2) is 53.0 Å². The predicted octanol–water partition coefficient (Wildman–Crippen LogP) is 3.53. The van der Waals surface area contributed by atoms with Gasteiger partial charge in [0.05, 0.1) is 12.8 Å². The van der Waals surface area contributed by atoms with Gasteiger partial charge in [0.1, 0.15) is 5.82 Å². The molecule has 0 spiro atoms. The van der Waals surface area contributed by atoms with E-state index < -0.39 is 11.9 Å². The van der Waals surface area contributed by atoms with E-state index in [1.807, 2.05) is 12.1 Å². The Kier molecular flexibility index (Phi) is 7.25. The minimum atomic E-state index is -0.906. The molecule has 0 heterocycles. The van der Waals surface area contributed by atoms with Crippen LogP contribution in [0.25, 0.3) is 0 Å². The normalized spacial score (nSPS) is 9.55. The van der Waals surface area contributed by atoms with Gasteiger partial charge in [-0.1, -0.05) is 40.2 Å². The first-order valence-corrected chi connectivity index (χ1v) is 7.08. The lowest BCUT2D eigenvalue weighted by molar-refractivity contribution is -0.137. The average molecular weight is 369 g/mol. The van der Waals surface area contributed by atoms with E-state index in [4.69, 9.17) is 10.2 Å². The predicted molar refractivity (Wildman–Crippen MR) is 83.2 cm³/mol. The molecule has 2 aromatic rings. The molecule has 0 radical (unpaired) electrons. The van der Waals surface area contributed by atoms with E-state index in [0.29, 0.717) is 5.56 Å². The molecule has 4 nitrogen and oxygen atoms in total. The van der Waals surface area contributed by atoms with Crippen molar-refractivity contribution in [1.29, 1.82) is 0 Å². The number of carbonyl (C=O) groups is 2. The van der Waals surface area contributed by atoms with Crippen LogP contribution in [0, 0.1) is 5.82 Å². The summed E-state index contributed by atoms with van der Waals surface area (Å²) in [4.78, 5) is 20.4. The smallest absolute Gasteiger partial charge is 0.307 e. The Morgan fingerprint density at radius 3 is 1.55 bits per heavy atom. The van der Waals surface area contributed by atoms with Crippen molar-refractivity contribution in [2.24, 2.45) is 0 Å². The van der Waals surface area contributed by atoms with Crippen LogP contribution in [-0.2, 0) is 22.4 Å². The zero-order valence-corrected chi connectivity index (χ0v) is 13.1. The fraction of sp³-hybridized carbons (Fsp3) is 0.125. The second-order valence-corrected chi connectivity index (χ2v) is 5.31. The molecule has 0 bridgehead atoms. The fourth-order valence-electron chi connectivity index (χ4n) is 1.55. The van der Waals surface area contributed by atoms with Gasteiger partial charge in [-0.3, -0.25) is 9.59 Å². The van der Waals surface area contributed by atoms with Crippen molar-refractivity contribution in [2.45, 2.75) is 12.8 Å². The third kappa shape index (κ3) is 7.54. The van der Waals surface area contributed by atoms with Gasteiger partial charge >= 0.3 is 11.9 Å². The number of benzene rings is 2. The van der Waals surface area contributed by atoms with Crippen LogP contribution >= 0.6 is 15.9 Å². The van der Waals surface area contributed by atoms with Crippen LogP contribution in [0.1, 0.15) is 11.1 Å². The first kappa shape index (κ1) is 17.8. The van der Waals surface area contributed by atoms with Crippen molar-refractivity contribution in [2.75, 3.05) is 0 Å². The summed E-state index contributed by atoms with van der Waals surface area (Å²) in [5, 5.41) is 16.8. The van der Waals surface area contributed by atoms with E-state index in [0.717, 1.165) is 10.0 Å². The molecule has 2 aromatic carbocycles. The summed E-state index contributed by atoms with van der Waals surface area (Å²) in [6.07, 6.45) is 0.0353. The standard InChI is InChI=1S/C8H7BrO2.C8H7FO2/c2*9-7-3-1-6(2-4-7)5-8(10)11/h2*1-4H,5H2,(H,10,11). The zero-order chi connectivity index (χ0) is 16.5. The molecule has 0 aliphatic carbocycles. The Morgan fingerprint density at radius 1 is 0.818 bits per heavy atom. The lowest BCUT2D eigenvalue weighted by Crippen LogP contribution is -1.99. The number of halogens is 2. The molecule has 0 saturated heterocycles. The van der Waals surface area contributed by atoms with Crippen molar-refractivity contribution in [1.82, 2.24) is 0 Å². The number of rotatable bonds is 4. The maximum absolute atomic E-state index is 12.3. The maximum Gasteiger partial charge on any atom is 0.307 e. The summed E-state index contributed by atoms with van der Waals surface area (Å²) < 4.78 is 13.2. The van der Waals surface area contributed by atoms with Gasteiger partial charge in [0.2, 0.25) is 0 Å². The van der Waals surface area contributed by atoms with Crippen molar-refractivity contribution in [3.05, 3.63) is 69.9 Å². The van der Waals surface area contributed by atoms with Crippen molar-refractivity contribution in [3.63, 3.8) is 0 Å². The van der Waals surface area contributed by atoms with Crippen LogP contribution in [0.2, 0.25) is 0 Å². The Hall–Kier alpha value is -2.21. The lowest BCUT2D eigenvalue weighted by Gasteiger charge is -1.95. The molecule has 22 heavy (non-hydrogen) atoms. The van der Waals surface area contributed by atoms with E-state index >= 15 is 0 Å². The third-order valence-corrected chi connectivity index (χ3v) is 3.07. The fourth-order valence-corrected chi connectivity index (χ4v) is 1.82. The first-order valence-electron chi connectivity index (χ1n) is 6.29. The summed E-state index contributed by atoms with van der Waals surface area (Å²) in [5.74, 6) is -2.05. The summed E-state index contributed by atoms with van der Waals surface area (Å²) in [7, 11) is 0.